The molecule has 2 saturated carbocycles. The maximum absolute atomic E-state index is 15.1. The molecule has 3 heteroatoms. The minimum Gasteiger partial charge on any atom is -0.206 e. The van der Waals surface area contributed by atoms with E-state index in [9.17, 15) is 4.39 Å². The highest BCUT2D eigenvalue weighted by Gasteiger charge is 2.37. The van der Waals surface area contributed by atoms with Gasteiger partial charge in [-0.05, 0) is 91.2 Å². The van der Waals surface area contributed by atoms with E-state index >= 15 is 8.78 Å². The fourth-order valence-corrected chi connectivity index (χ4v) is 6.13. The Labute approximate surface area is 178 Å². The van der Waals surface area contributed by atoms with Crippen molar-refractivity contribution < 1.29 is 13.2 Å². The second-order valence-electron chi connectivity index (χ2n) is 9.56. The Morgan fingerprint density at radius 1 is 0.967 bits per heavy atom. The first-order valence-electron chi connectivity index (χ1n) is 11.7. The largest absolute Gasteiger partial charge is 0.206 e. The summed E-state index contributed by atoms with van der Waals surface area (Å²) in [5.74, 6) is -0.245. The summed E-state index contributed by atoms with van der Waals surface area (Å²) in [6.45, 7) is 5.90. The van der Waals surface area contributed by atoms with E-state index in [0.717, 1.165) is 31.1 Å². The number of fused-ring (bicyclic) bond motifs is 2. The molecule has 0 radical (unpaired) electrons. The second kappa shape index (κ2) is 9.16. The van der Waals surface area contributed by atoms with Crippen LogP contribution in [0.15, 0.2) is 30.9 Å². The molecule has 0 heterocycles. The zero-order valence-corrected chi connectivity index (χ0v) is 18.0. The number of hydrogen-bond donors (Lipinski definition) is 0. The van der Waals surface area contributed by atoms with Gasteiger partial charge in [-0.2, -0.15) is 0 Å². The van der Waals surface area contributed by atoms with Gasteiger partial charge < -0.3 is 0 Å². The lowest BCUT2D eigenvalue weighted by Gasteiger charge is -2.42. The summed E-state index contributed by atoms with van der Waals surface area (Å²) in [5.41, 5.74) is 0.866. The van der Waals surface area contributed by atoms with Crippen LogP contribution in [0.25, 0.3) is 10.8 Å². The number of halogens is 3. The summed E-state index contributed by atoms with van der Waals surface area (Å²) in [4.78, 5) is 0. The van der Waals surface area contributed by atoms with Gasteiger partial charge in [-0.25, -0.2) is 13.2 Å². The van der Waals surface area contributed by atoms with Crippen LogP contribution in [0, 0.1) is 35.2 Å². The van der Waals surface area contributed by atoms with Crippen LogP contribution in [0.2, 0.25) is 0 Å². The first-order valence-corrected chi connectivity index (χ1v) is 11.7. The van der Waals surface area contributed by atoms with Gasteiger partial charge in [-0.3, -0.25) is 0 Å². The van der Waals surface area contributed by atoms with Gasteiger partial charge in [-0.1, -0.05) is 44.4 Å². The molecule has 0 N–H and O–H groups in total. The highest BCUT2D eigenvalue weighted by Crippen LogP contribution is 2.49. The topological polar surface area (TPSA) is 0 Å². The molecule has 0 aromatic heterocycles. The summed E-state index contributed by atoms with van der Waals surface area (Å²) in [6, 6.07) is 5.15. The van der Waals surface area contributed by atoms with E-state index in [1.165, 1.54) is 32.1 Å². The molecular formula is C27H33F3. The zero-order chi connectivity index (χ0) is 21.3. The zero-order valence-electron chi connectivity index (χ0n) is 18.0. The molecule has 2 aromatic carbocycles. The number of rotatable bonds is 6. The van der Waals surface area contributed by atoms with Crippen molar-refractivity contribution in [3.8, 4) is 0 Å². The molecular weight excluding hydrogens is 381 g/mol. The third-order valence-electron chi connectivity index (χ3n) is 7.71. The highest BCUT2D eigenvalue weighted by atomic mass is 19.2. The molecule has 30 heavy (non-hydrogen) atoms. The number of benzene rings is 2. The van der Waals surface area contributed by atoms with E-state index in [1.54, 1.807) is 24.3 Å². The quantitative estimate of drug-likeness (QED) is 0.416. The smallest absolute Gasteiger partial charge is 0.169 e. The number of aryl methyl sites for hydroxylation is 1. The maximum Gasteiger partial charge on any atom is 0.169 e. The Morgan fingerprint density at radius 2 is 1.73 bits per heavy atom. The molecule has 0 spiro atoms. The maximum atomic E-state index is 15.1. The summed E-state index contributed by atoms with van der Waals surface area (Å²) < 4.78 is 45.0. The van der Waals surface area contributed by atoms with E-state index in [2.05, 4.69) is 13.5 Å². The highest BCUT2D eigenvalue weighted by molar-refractivity contribution is 5.85. The third-order valence-corrected chi connectivity index (χ3v) is 7.71. The lowest BCUT2D eigenvalue weighted by Crippen LogP contribution is -2.30. The molecule has 0 bridgehead atoms. The van der Waals surface area contributed by atoms with Gasteiger partial charge in [0.1, 0.15) is 5.82 Å². The van der Waals surface area contributed by atoms with Crippen molar-refractivity contribution in [1.82, 2.24) is 0 Å². The summed E-state index contributed by atoms with van der Waals surface area (Å²) >= 11 is 0. The van der Waals surface area contributed by atoms with Gasteiger partial charge >= 0.3 is 0 Å². The molecule has 2 unspecified atom stereocenters. The van der Waals surface area contributed by atoms with E-state index in [4.69, 9.17) is 0 Å². The van der Waals surface area contributed by atoms with E-state index in [-0.39, 0.29) is 11.3 Å². The standard InChI is InChI=1S/C27H33F3/c1-3-5-7-18-10-13-22-16-23(26(29)27(30)24(22)25(18)28)21-12-11-19-14-17(6-4-2)8-9-20(19)15-21/h3,10,13,16-17,19-21H,1,4-9,11-12,14-15H2,2H3/t17?,19-,20?,21-/m1/s1. The Kier molecular flexibility index (Phi) is 6.55. The average molecular weight is 415 g/mol. The Bertz CT molecular complexity index is 916. The van der Waals surface area contributed by atoms with Gasteiger partial charge in [0.05, 0.1) is 5.39 Å². The van der Waals surface area contributed by atoms with Crippen LogP contribution in [-0.4, -0.2) is 0 Å². The molecule has 2 fully saturated rings. The summed E-state index contributed by atoms with van der Waals surface area (Å²) in [7, 11) is 0. The van der Waals surface area contributed by atoms with Gasteiger partial charge in [-0.15, -0.1) is 6.58 Å². The van der Waals surface area contributed by atoms with Crippen LogP contribution in [0.5, 0.6) is 0 Å². The van der Waals surface area contributed by atoms with Crippen LogP contribution in [0.3, 0.4) is 0 Å². The van der Waals surface area contributed by atoms with Crippen molar-refractivity contribution >= 4 is 10.8 Å². The predicted molar refractivity (Wildman–Crippen MR) is 118 cm³/mol. The Hall–Kier alpha value is -1.77. The first kappa shape index (κ1) is 21.5. The molecule has 162 valence electrons. The van der Waals surface area contributed by atoms with Crippen molar-refractivity contribution in [1.29, 1.82) is 0 Å². The normalized spacial score (nSPS) is 26.5. The van der Waals surface area contributed by atoms with Gasteiger partial charge in [0, 0.05) is 0 Å². The SMILES string of the molecule is C=CCCc1ccc2cc([C@@H]3CC[C@@H]4CC(CCC)CCC4C3)c(F)c(F)c2c1F. The second-order valence-corrected chi connectivity index (χ2v) is 9.56. The van der Waals surface area contributed by atoms with E-state index < -0.39 is 17.5 Å². The fourth-order valence-electron chi connectivity index (χ4n) is 6.13. The molecule has 4 rings (SSSR count). The van der Waals surface area contributed by atoms with Crippen LogP contribution in [-0.2, 0) is 6.42 Å². The monoisotopic (exact) mass is 414 g/mol. The average Bonchev–Trinajstić information content (AvgIpc) is 2.75. The lowest BCUT2D eigenvalue weighted by molar-refractivity contribution is 0.113. The number of allylic oxidation sites excluding steroid dienone is 1. The van der Waals surface area contributed by atoms with Crippen molar-refractivity contribution in [2.75, 3.05) is 0 Å². The molecule has 2 aliphatic carbocycles. The van der Waals surface area contributed by atoms with E-state index in [1.807, 2.05) is 0 Å². The van der Waals surface area contributed by atoms with E-state index in [0.29, 0.717) is 35.3 Å². The van der Waals surface area contributed by atoms with Gasteiger partial charge in [0.25, 0.3) is 0 Å². The molecule has 0 saturated heterocycles. The fraction of sp³-hybridized carbons (Fsp3) is 0.556. The molecule has 2 aliphatic rings. The van der Waals surface area contributed by atoms with Crippen molar-refractivity contribution in [3.05, 3.63) is 59.4 Å². The molecule has 0 nitrogen and oxygen atoms in total. The van der Waals surface area contributed by atoms with Crippen LogP contribution >= 0.6 is 0 Å². The Balaban J connectivity index is 1.59. The van der Waals surface area contributed by atoms with Crippen LogP contribution in [0.1, 0.15) is 81.8 Å². The first-order chi connectivity index (χ1) is 14.5. The van der Waals surface area contributed by atoms with Crippen LogP contribution in [0.4, 0.5) is 13.2 Å². The van der Waals surface area contributed by atoms with Crippen molar-refractivity contribution in [2.24, 2.45) is 17.8 Å². The van der Waals surface area contributed by atoms with Crippen molar-refractivity contribution in [3.63, 3.8) is 0 Å². The third kappa shape index (κ3) is 4.05. The number of hydrogen-bond acceptors (Lipinski definition) is 0. The minimum absolute atomic E-state index is 0.0383. The molecule has 0 amide bonds. The van der Waals surface area contributed by atoms with Crippen molar-refractivity contribution in [2.45, 2.75) is 77.0 Å². The Morgan fingerprint density at radius 3 is 2.50 bits per heavy atom. The van der Waals surface area contributed by atoms with Gasteiger partial charge in [0.2, 0.25) is 0 Å². The van der Waals surface area contributed by atoms with Crippen LogP contribution < -0.4 is 0 Å². The summed E-state index contributed by atoms with van der Waals surface area (Å²) in [6.07, 6.45) is 12.0. The minimum atomic E-state index is -1.02. The lowest BCUT2D eigenvalue weighted by atomic mass is 9.63. The summed E-state index contributed by atoms with van der Waals surface area (Å²) in [5, 5.41) is 0.268. The predicted octanol–water partition coefficient (Wildman–Crippen LogP) is 8.48. The molecule has 0 aliphatic heterocycles. The van der Waals surface area contributed by atoms with Gasteiger partial charge in [0.15, 0.2) is 11.6 Å². The molecule has 2 aromatic rings. The molecule has 4 atom stereocenters.